The summed E-state index contributed by atoms with van der Waals surface area (Å²) >= 11 is 0. The van der Waals surface area contributed by atoms with Crippen molar-refractivity contribution >= 4 is 5.97 Å². The van der Waals surface area contributed by atoms with E-state index in [1.807, 2.05) is 6.92 Å². The molecule has 4 aliphatic carbocycles. The molecular weight excluding hydrogens is 236 g/mol. The van der Waals surface area contributed by atoms with Gasteiger partial charge in [-0.05, 0) is 61.2 Å². The number of carbonyl (C=O) groups excluding carboxylic acids is 1. The Morgan fingerprint density at radius 1 is 1.11 bits per heavy atom. The summed E-state index contributed by atoms with van der Waals surface area (Å²) in [6.07, 6.45) is 8.60. The second kappa shape index (κ2) is 4.79. The average Bonchev–Trinajstić information content (AvgIpc) is 2.58. The van der Waals surface area contributed by atoms with Crippen LogP contribution in [0.5, 0.6) is 0 Å². The second-order valence-electron chi connectivity index (χ2n) is 7.44. The molecule has 6 unspecified atom stereocenters. The van der Waals surface area contributed by atoms with Gasteiger partial charge in [0.15, 0.2) is 0 Å². The minimum Gasteiger partial charge on any atom is -0.462 e. The lowest BCUT2D eigenvalue weighted by Crippen LogP contribution is -2.42. The molecule has 0 radical (unpaired) electrons. The van der Waals surface area contributed by atoms with Crippen LogP contribution in [0.15, 0.2) is 0 Å². The molecule has 4 aliphatic rings. The van der Waals surface area contributed by atoms with Crippen molar-refractivity contribution in [2.75, 3.05) is 0 Å². The monoisotopic (exact) mass is 264 g/mol. The smallest absolute Gasteiger partial charge is 0.305 e. The molecule has 19 heavy (non-hydrogen) atoms. The van der Waals surface area contributed by atoms with Crippen molar-refractivity contribution in [3.05, 3.63) is 0 Å². The van der Waals surface area contributed by atoms with E-state index in [4.69, 9.17) is 4.74 Å². The first-order chi connectivity index (χ1) is 9.06. The molecule has 4 rings (SSSR count). The van der Waals surface area contributed by atoms with E-state index in [0.29, 0.717) is 17.8 Å². The van der Waals surface area contributed by atoms with Crippen molar-refractivity contribution in [2.24, 2.45) is 29.1 Å². The molecule has 0 heterocycles. The van der Waals surface area contributed by atoms with Gasteiger partial charge in [0.05, 0.1) is 0 Å². The van der Waals surface area contributed by atoms with Crippen LogP contribution in [0.3, 0.4) is 0 Å². The summed E-state index contributed by atoms with van der Waals surface area (Å²) < 4.78 is 5.80. The fourth-order valence-corrected chi connectivity index (χ4v) is 5.34. The van der Waals surface area contributed by atoms with E-state index in [-0.39, 0.29) is 12.1 Å². The Hall–Kier alpha value is -0.530. The SMILES string of the molecule is CCC(=O)OC1CC2CC3CC1CC(C3)C2(C)CC. The topological polar surface area (TPSA) is 26.3 Å². The van der Waals surface area contributed by atoms with Crippen molar-refractivity contribution in [3.8, 4) is 0 Å². The van der Waals surface area contributed by atoms with Crippen LogP contribution >= 0.6 is 0 Å². The fourth-order valence-electron chi connectivity index (χ4n) is 5.34. The van der Waals surface area contributed by atoms with E-state index in [0.717, 1.165) is 24.2 Å². The van der Waals surface area contributed by atoms with Gasteiger partial charge < -0.3 is 4.74 Å². The molecule has 0 aliphatic heterocycles. The molecule has 4 fully saturated rings. The normalized spacial score (nSPS) is 48.1. The van der Waals surface area contributed by atoms with Crippen molar-refractivity contribution in [2.45, 2.75) is 71.8 Å². The summed E-state index contributed by atoms with van der Waals surface area (Å²) in [4.78, 5) is 11.7. The van der Waals surface area contributed by atoms with Crippen molar-refractivity contribution in [1.82, 2.24) is 0 Å². The van der Waals surface area contributed by atoms with Crippen LogP contribution in [0.1, 0.15) is 65.7 Å². The Bertz CT molecular complexity index is 364. The number of rotatable bonds is 3. The number of ether oxygens (including phenoxy) is 1. The van der Waals surface area contributed by atoms with Crippen molar-refractivity contribution < 1.29 is 9.53 Å². The number of esters is 1. The highest BCUT2D eigenvalue weighted by atomic mass is 16.5. The van der Waals surface area contributed by atoms with Gasteiger partial charge in [0.2, 0.25) is 0 Å². The van der Waals surface area contributed by atoms with Gasteiger partial charge in [-0.25, -0.2) is 0 Å². The molecule has 108 valence electrons. The third-order valence-corrected chi connectivity index (χ3v) is 6.70. The lowest BCUT2D eigenvalue weighted by Gasteiger charge is -2.51. The Morgan fingerprint density at radius 3 is 2.42 bits per heavy atom. The average molecular weight is 264 g/mol. The number of carbonyl (C=O) groups is 1. The summed E-state index contributed by atoms with van der Waals surface area (Å²) in [5, 5.41) is 0. The van der Waals surface area contributed by atoms with E-state index >= 15 is 0 Å². The van der Waals surface area contributed by atoms with Crippen LogP contribution in [0.2, 0.25) is 0 Å². The Labute approximate surface area is 117 Å². The van der Waals surface area contributed by atoms with Crippen LogP contribution < -0.4 is 0 Å². The number of hydrogen-bond acceptors (Lipinski definition) is 2. The Kier molecular flexibility index (Phi) is 3.39. The predicted molar refractivity (Wildman–Crippen MR) is 75.6 cm³/mol. The summed E-state index contributed by atoms with van der Waals surface area (Å²) in [6.45, 7) is 6.76. The van der Waals surface area contributed by atoms with Crippen molar-refractivity contribution in [3.63, 3.8) is 0 Å². The Balaban J connectivity index is 1.84. The van der Waals surface area contributed by atoms with E-state index in [1.54, 1.807) is 0 Å². The molecule has 0 spiro atoms. The maximum Gasteiger partial charge on any atom is 0.305 e. The van der Waals surface area contributed by atoms with Gasteiger partial charge >= 0.3 is 5.97 Å². The summed E-state index contributed by atoms with van der Waals surface area (Å²) in [6, 6.07) is 0. The highest BCUT2D eigenvalue weighted by Crippen LogP contribution is 2.61. The van der Waals surface area contributed by atoms with Gasteiger partial charge in [-0.2, -0.15) is 0 Å². The first kappa shape index (κ1) is 13.5. The van der Waals surface area contributed by atoms with Gasteiger partial charge in [-0.3, -0.25) is 4.79 Å². The van der Waals surface area contributed by atoms with E-state index in [1.165, 1.54) is 32.1 Å². The third-order valence-electron chi connectivity index (χ3n) is 6.70. The van der Waals surface area contributed by atoms with Crippen LogP contribution in [0.25, 0.3) is 0 Å². The predicted octanol–water partition coefficient (Wildman–Crippen LogP) is 4.18. The zero-order chi connectivity index (χ0) is 13.6. The van der Waals surface area contributed by atoms with Gasteiger partial charge in [0.1, 0.15) is 6.10 Å². The van der Waals surface area contributed by atoms with E-state index in [9.17, 15) is 4.79 Å². The maximum absolute atomic E-state index is 11.7. The molecule has 0 aromatic carbocycles. The molecule has 4 saturated carbocycles. The molecule has 2 nitrogen and oxygen atoms in total. The molecule has 6 atom stereocenters. The molecular formula is C17H28O2. The van der Waals surface area contributed by atoms with Crippen LogP contribution in [0, 0.1) is 29.1 Å². The molecule has 4 bridgehead atoms. The molecule has 0 aromatic heterocycles. The summed E-state index contributed by atoms with van der Waals surface area (Å²) in [7, 11) is 0. The fraction of sp³-hybridized carbons (Fsp3) is 0.941. The summed E-state index contributed by atoms with van der Waals surface area (Å²) in [5.41, 5.74) is 0.503. The van der Waals surface area contributed by atoms with Crippen LogP contribution in [-0.2, 0) is 9.53 Å². The zero-order valence-electron chi connectivity index (χ0n) is 12.7. The van der Waals surface area contributed by atoms with Gasteiger partial charge in [0, 0.05) is 6.42 Å². The lowest BCUT2D eigenvalue weighted by atomic mass is 9.54. The van der Waals surface area contributed by atoms with Gasteiger partial charge in [0.25, 0.3) is 0 Å². The first-order valence-corrected chi connectivity index (χ1v) is 8.26. The van der Waals surface area contributed by atoms with Crippen molar-refractivity contribution in [1.29, 1.82) is 0 Å². The Morgan fingerprint density at radius 2 is 1.79 bits per heavy atom. The number of hydrogen-bond donors (Lipinski definition) is 0. The number of fused-ring (bicyclic) bond motifs is 1. The third kappa shape index (κ3) is 2.11. The quantitative estimate of drug-likeness (QED) is 0.715. The summed E-state index contributed by atoms with van der Waals surface area (Å²) in [5.74, 6) is 3.23. The van der Waals surface area contributed by atoms with Crippen LogP contribution in [0.4, 0.5) is 0 Å². The second-order valence-corrected chi connectivity index (χ2v) is 7.44. The van der Waals surface area contributed by atoms with Gasteiger partial charge in [-0.15, -0.1) is 0 Å². The zero-order valence-corrected chi connectivity index (χ0v) is 12.7. The van der Waals surface area contributed by atoms with Crippen LogP contribution in [-0.4, -0.2) is 12.1 Å². The molecule has 0 amide bonds. The largest absolute Gasteiger partial charge is 0.462 e. The highest BCUT2D eigenvalue weighted by molar-refractivity contribution is 5.69. The molecule has 0 N–H and O–H groups in total. The standard InChI is InChI=1S/C17H28O2/c1-4-16(18)19-15-10-14-8-11-6-12(15)9-13(7-11)17(14,3)5-2/h11-15H,4-10H2,1-3H3. The minimum absolute atomic E-state index is 0.00410. The molecule has 0 saturated heterocycles. The minimum atomic E-state index is 0.00410. The van der Waals surface area contributed by atoms with E-state index < -0.39 is 0 Å². The van der Waals surface area contributed by atoms with E-state index in [2.05, 4.69) is 13.8 Å². The maximum atomic E-state index is 11.7. The first-order valence-electron chi connectivity index (χ1n) is 8.26. The van der Waals surface area contributed by atoms with Gasteiger partial charge in [-0.1, -0.05) is 27.2 Å². The molecule has 0 aromatic rings. The molecule has 2 heteroatoms. The highest BCUT2D eigenvalue weighted by Gasteiger charge is 2.54. The lowest BCUT2D eigenvalue weighted by molar-refractivity contribution is -0.152.